The number of nitrogens with zero attached hydrogens (tertiary/aromatic N) is 2. The highest BCUT2D eigenvalue weighted by Crippen LogP contribution is 2.18. The SMILES string of the molecule is Cc1cc2cc(CN(Cc3ccco3)C(=S)NCCN3CCOCC3)c(=O)[nH]c2cc1C. The van der Waals surface area contributed by atoms with Crippen LogP contribution in [-0.4, -0.2) is 59.3 Å². The summed E-state index contributed by atoms with van der Waals surface area (Å²) in [5, 5.41) is 4.98. The first-order chi connectivity index (χ1) is 15.5. The summed E-state index contributed by atoms with van der Waals surface area (Å²) in [7, 11) is 0. The predicted octanol–water partition coefficient (Wildman–Crippen LogP) is 2.95. The maximum absolute atomic E-state index is 12.8. The number of aromatic amines is 1. The zero-order valence-electron chi connectivity index (χ0n) is 18.6. The largest absolute Gasteiger partial charge is 0.467 e. The molecule has 2 aromatic heterocycles. The summed E-state index contributed by atoms with van der Waals surface area (Å²) in [5.74, 6) is 0.797. The Morgan fingerprint density at radius 3 is 2.72 bits per heavy atom. The van der Waals surface area contributed by atoms with E-state index in [1.54, 1.807) is 6.26 Å². The van der Waals surface area contributed by atoms with Gasteiger partial charge in [-0.2, -0.15) is 0 Å². The van der Waals surface area contributed by atoms with E-state index in [0.717, 1.165) is 61.6 Å². The quantitative estimate of drug-likeness (QED) is 0.532. The number of aryl methyl sites for hydroxylation is 2. The Bertz CT molecular complexity index is 1120. The number of ether oxygens (including phenoxy) is 1. The van der Waals surface area contributed by atoms with E-state index in [0.29, 0.717) is 23.8 Å². The van der Waals surface area contributed by atoms with E-state index in [2.05, 4.69) is 28.2 Å². The summed E-state index contributed by atoms with van der Waals surface area (Å²) in [6.07, 6.45) is 1.65. The van der Waals surface area contributed by atoms with Crippen LogP contribution in [0.2, 0.25) is 0 Å². The number of H-pyrrole nitrogens is 1. The van der Waals surface area contributed by atoms with Crippen molar-refractivity contribution in [3.8, 4) is 0 Å². The van der Waals surface area contributed by atoms with Gasteiger partial charge in [0.1, 0.15) is 5.76 Å². The zero-order valence-corrected chi connectivity index (χ0v) is 19.5. The second-order valence-corrected chi connectivity index (χ2v) is 8.66. The molecule has 0 aliphatic carbocycles. The van der Waals surface area contributed by atoms with Gasteiger partial charge in [0.25, 0.3) is 5.56 Å². The number of fused-ring (bicyclic) bond motifs is 1. The molecule has 170 valence electrons. The van der Waals surface area contributed by atoms with E-state index in [4.69, 9.17) is 21.4 Å². The normalized spacial score (nSPS) is 14.6. The number of hydrogen-bond acceptors (Lipinski definition) is 5. The second kappa shape index (κ2) is 10.3. The van der Waals surface area contributed by atoms with Gasteiger partial charge in [-0.05, 0) is 72.9 Å². The summed E-state index contributed by atoms with van der Waals surface area (Å²) in [6, 6.07) is 9.87. The maximum Gasteiger partial charge on any atom is 0.253 e. The summed E-state index contributed by atoms with van der Waals surface area (Å²) >= 11 is 5.71. The number of pyridine rings is 1. The molecule has 3 heterocycles. The van der Waals surface area contributed by atoms with Gasteiger partial charge in [0.2, 0.25) is 0 Å². The van der Waals surface area contributed by atoms with E-state index < -0.39 is 0 Å². The first-order valence-corrected chi connectivity index (χ1v) is 11.4. The van der Waals surface area contributed by atoms with Gasteiger partial charge >= 0.3 is 0 Å². The van der Waals surface area contributed by atoms with Crippen LogP contribution in [0.15, 0.2) is 45.8 Å². The number of aromatic nitrogens is 1. The fraction of sp³-hybridized carbons (Fsp3) is 0.417. The molecule has 0 spiro atoms. The molecule has 0 radical (unpaired) electrons. The number of thiocarbonyl (C=S) groups is 1. The van der Waals surface area contributed by atoms with Gasteiger partial charge in [-0.1, -0.05) is 0 Å². The van der Waals surface area contributed by atoms with Gasteiger partial charge in [0, 0.05) is 37.3 Å². The molecule has 0 amide bonds. The number of furan rings is 1. The second-order valence-electron chi connectivity index (χ2n) is 8.27. The van der Waals surface area contributed by atoms with Crippen molar-refractivity contribution in [2.24, 2.45) is 0 Å². The Kier molecular flexibility index (Phi) is 7.24. The van der Waals surface area contributed by atoms with Crippen LogP contribution in [0, 0.1) is 13.8 Å². The van der Waals surface area contributed by atoms with Crippen molar-refractivity contribution >= 4 is 28.2 Å². The first-order valence-electron chi connectivity index (χ1n) is 11.0. The zero-order chi connectivity index (χ0) is 22.5. The molecule has 8 heteroatoms. The molecule has 3 aromatic rings. The van der Waals surface area contributed by atoms with Crippen molar-refractivity contribution in [1.82, 2.24) is 20.1 Å². The minimum absolute atomic E-state index is 0.0960. The molecule has 0 saturated carbocycles. The number of benzene rings is 1. The molecule has 1 aliphatic heterocycles. The highest BCUT2D eigenvalue weighted by Gasteiger charge is 2.16. The third-order valence-corrected chi connectivity index (χ3v) is 6.32. The van der Waals surface area contributed by atoms with Crippen LogP contribution in [0.3, 0.4) is 0 Å². The highest BCUT2D eigenvalue weighted by atomic mass is 32.1. The van der Waals surface area contributed by atoms with Crippen molar-refractivity contribution in [3.63, 3.8) is 0 Å². The topological polar surface area (TPSA) is 73.7 Å². The fourth-order valence-corrected chi connectivity index (χ4v) is 4.12. The van der Waals surface area contributed by atoms with E-state index in [1.165, 1.54) is 5.56 Å². The van der Waals surface area contributed by atoms with Gasteiger partial charge in [0.15, 0.2) is 5.11 Å². The maximum atomic E-state index is 12.8. The van der Waals surface area contributed by atoms with E-state index in [1.807, 2.05) is 36.1 Å². The highest BCUT2D eigenvalue weighted by molar-refractivity contribution is 7.80. The van der Waals surface area contributed by atoms with Gasteiger partial charge in [0.05, 0.1) is 32.6 Å². The molecule has 32 heavy (non-hydrogen) atoms. The Morgan fingerprint density at radius 1 is 1.19 bits per heavy atom. The van der Waals surface area contributed by atoms with Crippen LogP contribution in [0.1, 0.15) is 22.5 Å². The third-order valence-electron chi connectivity index (χ3n) is 5.92. The van der Waals surface area contributed by atoms with Crippen LogP contribution in [0.5, 0.6) is 0 Å². The van der Waals surface area contributed by atoms with E-state index in [-0.39, 0.29) is 5.56 Å². The number of rotatable bonds is 7. The monoisotopic (exact) mass is 454 g/mol. The lowest BCUT2D eigenvalue weighted by Gasteiger charge is -2.28. The molecular formula is C24H30N4O3S. The third kappa shape index (κ3) is 5.56. The summed E-state index contributed by atoms with van der Waals surface area (Å²) in [5.41, 5.74) is 3.78. The fourth-order valence-electron chi connectivity index (χ4n) is 3.89. The molecular weight excluding hydrogens is 424 g/mol. The Balaban J connectivity index is 1.49. The van der Waals surface area contributed by atoms with Gasteiger partial charge in [-0.3, -0.25) is 9.69 Å². The van der Waals surface area contributed by atoms with Crippen molar-refractivity contribution in [2.45, 2.75) is 26.9 Å². The Labute approximate surface area is 193 Å². The Hall–Kier alpha value is -2.68. The smallest absolute Gasteiger partial charge is 0.253 e. The van der Waals surface area contributed by atoms with Gasteiger partial charge in [-0.15, -0.1) is 0 Å². The molecule has 1 aliphatic rings. The number of morpholine rings is 1. The lowest BCUT2D eigenvalue weighted by molar-refractivity contribution is 0.0388. The minimum Gasteiger partial charge on any atom is -0.467 e. The van der Waals surface area contributed by atoms with E-state index in [9.17, 15) is 4.79 Å². The molecule has 0 atom stereocenters. The Morgan fingerprint density at radius 2 is 1.97 bits per heavy atom. The molecule has 7 nitrogen and oxygen atoms in total. The molecule has 2 N–H and O–H groups in total. The average molecular weight is 455 g/mol. The van der Waals surface area contributed by atoms with Crippen molar-refractivity contribution < 1.29 is 9.15 Å². The lowest BCUT2D eigenvalue weighted by atomic mass is 10.0. The van der Waals surface area contributed by atoms with Crippen LogP contribution >= 0.6 is 12.2 Å². The van der Waals surface area contributed by atoms with Crippen LogP contribution in [0.4, 0.5) is 0 Å². The standard InChI is InChI=1S/C24H30N4O3S/c1-17-12-19-14-20(23(29)26-22(19)13-18(17)2)15-28(16-21-4-3-9-31-21)24(32)25-5-6-27-7-10-30-11-8-27/h3-4,9,12-14H,5-8,10-11,15-16H2,1-2H3,(H,25,32)(H,26,29). The van der Waals surface area contributed by atoms with Crippen LogP contribution in [0.25, 0.3) is 10.9 Å². The average Bonchev–Trinajstić information content (AvgIpc) is 3.29. The van der Waals surface area contributed by atoms with E-state index >= 15 is 0 Å². The van der Waals surface area contributed by atoms with Crippen LogP contribution in [-0.2, 0) is 17.8 Å². The van der Waals surface area contributed by atoms with Crippen molar-refractivity contribution in [3.05, 3.63) is 69.4 Å². The summed E-state index contributed by atoms with van der Waals surface area (Å²) < 4.78 is 11.0. The molecule has 1 aromatic carbocycles. The van der Waals surface area contributed by atoms with Crippen molar-refractivity contribution in [1.29, 1.82) is 0 Å². The molecule has 0 unspecified atom stereocenters. The molecule has 0 bridgehead atoms. The molecule has 1 fully saturated rings. The molecule has 1 saturated heterocycles. The van der Waals surface area contributed by atoms with Crippen LogP contribution < -0.4 is 10.9 Å². The minimum atomic E-state index is -0.0960. The first kappa shape index (κ1) is 22.5. The van der Waals surface area contributed by atoms with Gasteiger partial charge in [-0.25, -0.2) is 0 Å². The van der Waals surface area contributed by atoms with Crippen molar-refractivity contribution in [2.75, 3.05) is 39.4 Å². The summed E-state index contributed by atoms with van der Waals surface area (Å²) in [4.78, 5) is 20.2. The predicted molar refractivity (Wildman–Crippen MR) is 130 cm³/mol. The molecule has 4 rings (SSSR count). The number of nitrogens with one attached hydrogen (secondary N) is 2. The van der Waals surface area contributed by atoms with Gasteiger partial charge < -0.3 is 24.4 Å². The number of hydrogen-bond donors (Lipinski definition) is 2. The lowest BCUT2D eigenvalue weighted by Crippen LogP contribution is -2.45. The summed E-state index contributed by atoms with van der Waals surface area (Å²) in [6.45, 7) is 10.1.